The number of nitrogens with two attached hydrogens (primary N) is 1. The lowest BCUT2D eigenvalue weighted by Crippen LogP contribution is -2.46. The van der Waals surface area contributed by atoms with Crippen LogP contribution in [0.3, 0.4) is 0 Å². The van der Waals surface area contributed by atoms with E-state index in [4.69, 9.17) is 10.8 Å². The molecule has 1 heterocycles. The minimum atomic E-state index is -3.47. The van der Waals surface area contributed by atoms with Crippen LogP contribution in [0.15, 0.2) is 0 Å². The third kappa shape index (κ3) is 4.23. The van der Waals surface area contributed by atoms with Crippen molar-refractivity contribution in [2.75, 3.05) is 26.2 Å². The van der Waals surface area contributed by atoms with Gasteiger partial charge in [0.2, 0.25) is 0 Å². The smallest absolute Gasteiger partial charge is 0.306 e. The summed E-state index contributed by atoms with van der Waals surface area (Å²) in [7, 11) is -3.47. The molecular weight excluding hydrogens is 246 g/mol. The van der Waals surface area contributed by atoms with Crippen molar-refractivity contribution in [3.63, 3.8) is 0 Å². The van der Waals surface area contributed by atoms with Gasteiger partial charge in [-0.15, -0.1) is 0 Å². The van der Waals surface area contributed by atoms with Gasteiger partial charge in [0.25, 0.3) is 10.2 Å². The molecule has 0 saturated carbocycles. The zero-order chi connectivity index (χ0) is 12.9. The Bertz CT molecular complexity index is 349. The van der Waals surface area contributed by atoms with Crippen molar-refractivity contribution in [2.24, 2.45) is 11.7 Å². The molecule has 0 aliphatic carbocycles. The largest absolute Gasteiger partial charge is 0.481 e. The lowest BCUT2D eigenvalue weighted by Gasteiger charge is -2.29. The van der Waals surface area contributed by atoms with Crippen LogP contribution < -0.4 is 10.5 Å². The molecule has 1 fully saturated rings. The van der Waals surface area contributed by atoms with E-state index >= 15 is 0 Å². The molecule has 0 atom stereocenters. The van der Waals surface area contributed by atoms with Crippen LogP contribution in [0.2, 0.25) is 0 Å². The van der Waals surface area contributed by atoms with Crippen molar-refractivity contribution in [3.8, 4) is 0 Å². The SMILES string of the molecule is NCCCNS(=O)(=O)N1CCC(C(=O)O)CC1. The number of nitrogens with zero attached hydrogens (tertiary/aromatic N) is 1. The van der Waals surface area contributed by atoms with Crippen molar-refractivity contribution >= 4 is 16.2 Å². The number of nitrogens with one attached hydrogen (secondary N) is 1. The molecule has 1 saturated heterocycles. The second kappa shape index (κ2) is 6.29. The monoisotopic (exact) mass is 265 g/mol. The Balaban J connectivity index is 2.44. The predicted octanol–water partition coefficient (Wildman–Crippen LogP) is -1.03. The fraction of sp³-hybridized carbons (Fsp3) is 0.889. The zero-order valence-corrected chi connectivity index (χ0v) is 10.4. The van der Waals surface area contributed by atoms with Crippen LogP contribution >= 0.6 is 0 Å². The molecule has 0 unspecified atom stereocenters. The number of hydrogen-bond acceptors (Lipinski definition) is 4. The summed E-state index contributed by atoms with van der Waals surface area (Å²) in [5.74, 6) is -1.27. The van der Waals surface area contributed by atoms with Crippen LogP contribution in [-0.2, 0) is 15.0 Å². The summed E-state index contributed by atoms with van der Waals surface area (Å²) in [4.78, 5) is 10.7. The number of carboxylic acids is 1. The van der Waals surface area contributed by atoms with Gasteiger partial charge >= 0.3 is 5.97 Å². The molecule has 0 amide bonds. The van der Waals surface area contributed by atoms with E-state index in [-0.39, 0.29) is 13.1 Å². The minimum Gasteiger partial charge on any atom is -0.481 e. The molecule has 1 aliphatic heterocycles. The van der Waals surface area contributed by atoms with Gasteiger partial charge in [0.1, 0.15) is 0 Å². The predicted molar refractivity (Wildman–Crippen MR) is 62.5 cm³/mol. The molecule has 0 aromatic rings. The van der Waals surface area contributed by atoms with Gasteiger partial charge in [0, 0.05) is 19.6 Å². The Morgan fingerprint density at radius 3 is 2.47 bits per heavy atom. The number of aliphatic carboxylic acids is 1. The molecule has 0 aromatic carbocycles. The van der Waals surface area contributed by atoms with Gasteiger partial charge < -0.3 is 10.8 Å². The van der Waals surface area contributed by atoms with E-state index in [0.717, 1.165) is 0 Å². The molecular formula is C9H19N3O4S. The molecule has 8 heteroatoms. The van der Waals surface area contributed by atoms with Gasteiger partial charge in [-0.2, -0.15) is 12.7 Å². The fourth-order valence-electron chi connectivity index (χ4n) is 1.74. The van der Waals surface area contributed by atoms with Crippen molar-refractivity contribution in [3.05, 3.63) is 0 Å². The molecule has 0 bridgehead atoms. The highest BCUT2D eigenvalue weighted by molar-refractivity contribution is 7.87. The Morgan fingerprint density at radius 1 is 1.41 bits per heavy atom. The van der Waals surface area contributed by atoms with Crippen LogP contribution in [0.4, 0.5) is 0 Å². The maximum absolute atomic E-state index is 11.8. The Labute approximate surface area is 101 Å². The lowest BCUT2D eigenvalue weighted by molar-refractivity contribution is -0.142. The summed E-state index contributed by atoms with van der Waals surface area (Å²) < 4.78 is 27.3. The Kier molecular flexibility index (Phi) is 5.31. The van der Waals surface area contributed by atoms with Crippen LogP contribution in [-0.4, -0.2) is 50.0 Å². The Hall–Kier alpha value is -0.700. The highest BCUT2D eigenvalue weighted by Gasteiger charge is 2.30. The van der Waals surface area contributed by atoms with Gasteiger partial charge in [0.15, 0.2) is 0 Å². The average molecular weight is 265 g/mol. The molecule has 100 valence electrons. The molecule has 1 aliphatic rings. The topological polar surface area (TPSA) is 113 Å². The standard InChI is InChI=1S/C9H19N3O4S/c10-4-1-5-11-17(15,16)12-6-2-8(3-7-12)9(13)14/h8,11H,1-7,10H2,(H,13,14). The Morgan fingerprint density at radius 2 is 2.00 bits per heavy atom. The molecule has 0 aromatic heterocycles. The first kappa shape index (κ1) is 14.4. The summed E-state index contributed by atoms with van der Waals surface area (Å²) in [5.41, 5.74) is 5.27. The number of piperidine rings is 1. The van der Waals surface area contributed by atoms with E-state index in [1.165, 1.54) is 4.31 Å². The van der Waals surface area contributed by atoms with Crippen molar-refractivity contribution < 1.29 is 18.3 Å². The summed E-state index contributed by atoms with van der Waals surface area (Å²) in [6, 6.07) is 0. The van der Waals surface area contributed by atoms with Crippen molar-refractivity contribution in [2.45, 2.75) is 19.3 Å². The molecule has 1 rings (SSSR count). The van der Waals surface area contributed by atoms with E-state index in [0.29, 0.717) is 32.4 Å². The summed E-state index contributed by atoms with van der Waals surface area (Å²) in [5, 5.41) is 8.80. The van der Waals surface area contributed by atoms with Crippen LogP contribution in [0.5, 0.6) is 0 Å². The zero-order valence-electron chi connectivity index (χ0n) is 9.63. The second-order valence-electron chi connectivity index (χ2n) is 4.05. The highest BCUT2D eigenvalue weighted by atomic mass is 32.2. The van der Waals surface area contributed by atoms with Crippen LogP contribution in [0.1, 0.15) is 19.3 Å². The van der Waals surface area contributed by atoms with E-state index < -0.39 is 22.1 Å². The first-order valence-corrected chi connectivity index (χ1v) is 7.09. The fourth-order valence-corrected chi connectivity index (χ4v) is 3.01. The first-order chi connectivity index (χ1) is 7.97. The van der Waals surface area contributed by atoms with E-state index in [2.05, 4.69) is 4.72 Å². The molecule has 4 N–H and O–H groups in total. The third-order valence-corrected chi connectivity index (χ3v) is 4.42. The number of hydrogen-bond donors (Lipinski definition) is 3. The summed E-state index contributed by atoms with van der Waals surface area (Å²) >= 11 is 0. The number of carboxylic acid groups (broad SMARTS) is 1. The van der Waals surface area contributed by atoms with Gasteiger partial charge in [-0.25, -0.2) is 4.72 Å². The van der Waals surface area contributed by atoms with Crippen LogP contribution in [0.25, 0.3) is 0 Å². The normalized spacial score (nSPS) is 19.4. The van der Waals surface area contributed by atoms with E-state index in [1.54, 1.807) is 0 Å². The third-order valence-electron chi connectivity index (χ3n) is 2.81. The second-order valence-corrected chi connectivity index (χ2v) is 5.81. The maximum Gasteiger partial charge on any atom is 0.306 e. The van der Waals surface area contributed by atoms with E-state index in [1.807, 2.05) is 0 Å². The van der Waals surface area contributed by atoms with Gasteiger partial charge in [-0.3, -0.25) is 4.79 Å². The van der Waals surface area contributed by atoms with Gasteiger partial charge in [0.05, 0.1) is 5.92 Å². The molecule has 7 nitrogen and oxygen atoms in total. The average Bonchev–Trinajstić information content (AvgIpc) is 2.29. The summed E-state index contributed by atoms with van der Waals surface area (Å²) in [6.07, 6.45) is 1.32. The van der Waals surface area contributed by atoms with Gasteiger partial charge in [-0.05, 0) is 25.8 Å². The van der Waals surface area contributed by atoms with Crippen molar-refractivity contribution in [1.82, 2.24) is 9.03 Å². The maximum atomic E-state index is 11.8. The molecule has 17 heavy (non-hydrogen) atoms. The lowest BCUT2D eigenvalue weighted by atomic mass is 9.99. The quantitative estimate of drug-likeness (QED) is 0.531. The minimum absolute atomic E-state index is 0.259. The highest BCUT2D eigenvalue weighted by Crippen LogP contribution is 2.18. The van der Waals surface area contributed by atoms with Gasteiger partial charge in [-0.1, -0.05) is 0 Å². The van der Waals surface area contributed by atoms with Crippen molar-refractivity contribution in [1.29, 1.82) is 0 Å². The number of rotatable bonds is 6. The first-order valence-electron chi connectivity index (χ1n) is 5.65. The van der Waals surface area contributed by atoms with E-state index in [9.17, 15) is 13.2 Å². The van der Waals surface area contributed by atoms with Crippen LogP contribution in [0, 0.1) is 5.92 Å². The summed E-state index contributed by atoms with van der Waals surface area (Å²) in [6.45, 7) is 1.27. The number of carbonyl (C=O) groups is 1. The molecule has 0 radical (unpaired) electrons. The molecule has 0 spiro atoms.